The third kappa shape index (κ3) is 5.80. The van der Waals surface area contributed by atoms with Crippen molar-refractivity contribution in [3.63, 3.8) is 0 Å². The Labute approximate surface area is 158 Å². The molecule has 0 aliphatic heterocycles. The van der Waals surface area contributed by atoms with Crippen LogP contribution in [0.1, 0.15) is 12.5 Å². The molecule has 0 saturated carbocycles. The van der Waals surface area contributed by atoms with Crippen molar-refractivity contribution in [1.82, 2.24) is 4.72 Å². The van der Waals surface area contributed by atoms with E-state index in [1.54, 1.807) is 43.3 Å². The first-order valence-electron chi connectivity index (χ1n) is 8.03. The van der Waals surface area contributed by atoms with Gasteiger partial charge >= 0.3 is 0 Å². The Hall–Kier alpha value is -2.91. The van der Waals surface area contributed by atoms with Crippen LogP contribution in [-0.2, 0) is 19.6 Å². The van der Waals surface area contributed by atoms with Crippen LogP contribution in [0.4, 0.5) is 11.4 Å². The number of anilines is 2. The Balaban J connectivity index is 2.05. The van der Waals surface area contributed by atoms with Crippen molar-refractivity contribution >= 4 is 33.2 Å². The Morgan fingerprint density at radius 2 is 1.70 bits per heavy atom. The van der Waals surface area contributed by atoms with Crippen LogP contribution < -0.4 is 20.1 Å². The number of hydrogen-bond donors (Lipinski definition) is 3. The van der Waals surface area contributed by atoms with E-state index >= 15 is 0 Å². The third-order valence-corrected chi connectivity index (χ3v) is 4.92. The monoisotopic (exact) mass is 391 g/mol. The van der Waals surface area contributed by atoms with Crippen molar-refractivity contribution in [2.24, 2.45) is 0 Å². The van der Waals surface area contributed by atoms with Crippen molar-refractivity contribution < 1.29 is 22.7 Å². The predicted octanol–water partition coefficient (Wildman–Crippen LogP) is 1.88. The van der Waals surface area contributed by atoms with E-state index in [1.807, 2.05) is 0 Å². The van der Waals surface area contributed by atoms with Gasteiger partial charge in [0.25, 0.3) is 0 Å². The standard InChI is InChI=1S/C18H21N3O5S/c1-12-7-8-16(26-3)17(9-12)27(24,25)19-11-18(23)21-15-6-4-5-14(10-15)20-13(2)22/h4-10,19H,11H2,1-3H3,(H,20,22)(H,21,23). The van der Waals surface area contributed by atoms with Crippen molar-refractivity contribution in [2.45, 2.75) is 18.7 Å². The molecule has 2 aromatic rings. The number of aryl methyl sites for hydroxylation is 1. The van der Waals surface area contributed by atoms with Crippen molar-refractivity contribution in [1.29, 1.82) is 0 Å². The summed E-state index contributed by atoms with van der Waals surface area (Å²) in [6.07, 6.45) is 0. The second-order valence-corrected chi connectivity index (χ2v) is 7.52. The summed E-state index contributed by atoms with van der Waals surface area (Å²) in [6.45, 7) is 2.68. The number of hydrogen-bond acceptors (Lipinski definition) is 5. The molecule has 2 rings (SSSR count). The number of sulfonamides is 1. The highest BCUT2D eigenvalue weighted by Gasteiger charge is 2.20. The van der Waals surface area contributed by atoms with Gasteiger partial charge in [-0.25, -0.2) is 13.1 Å². The normalized spacial score (nSPS) is 10.9. The maximum Gasteiger partial charge on any atom is 0.244 e. The van der Waals surface area contributed by atoms with Crippen LogP contribution in [0.2, 0.25) is 0 Å². The number of amides is 2. The molecule has 0 fully saturated rings. The van der Waals surface area contributed by atoms with Crippen molar-refractivity contribution in [3.05, 3.63) is 48.0 Å². The summed E-state index contributed by atoms with van der Waals surface area (Å²) in [4.78, 5) is 23.1. The smallest absolute Gasteiger partial charge is 0.244 e. The Morgan fingerprint density at radius 3 is 2.33 bits per heavy atom. The van der Waals surface area contributed by atoms with Crippen LogP contribution in [0.3, 0.4) is 0 Å². The molecule has 0 bridgehead atoms. The van der Waals surface area contributed by atoms with Crippen molar-refractivity contribution in [2.75, 3.05) is 24.3 Å². The minimum absolute atomic E-state index is 0.0366. The number of methoxy groups -OCH3 is 1. The molecular weight excluding hydrogens is 370 g/mol. The molecule has 0 unspecified atom stereocenters. The van der Waals surface area contributed by atoms with Crippen LogP contribution >= 0.6 is 0 Å². The zero-order chi connectivity index (χ0) is 20.0. The molecule has 2 amide bonds. The van der Waals surface area contributed by atoms with E-state index in [0.29, 0.717) is 11.4 Å². The molecule has 3 N–H and O–H groups in total. The summed E-state index contributed by atoms with van der Waals surface area (Å²) in [5.74, 6) is -0.597. The predicted molar refractivity (Wildman–Crippen MR) is 102 cm³/mol. The Morgan fingerprint density at radius 1 is 1.04 bits per heavy atom. The first-order chi connectivity index (χ1) is 12.7. The Bertz CT molecular complexity index is 957. The average molecular weight is 391 g/mol. The highest BCUT2D eigenvalue weighted by molar-refractivity contribution is 7.89. The molecule has 27 heavy (non-hydrogen) atoms. The number of carbonyl (C=O) groups is 2. The topological polar surface area (TPSA) is 114 Å². The van der Waals surface area contributed by atoms with Gasteiger partial charge in [0, 0.05) is 18.3 Å². The van der Waals surface area contributed by atoms with Gasteiger partial charge in [-0.15, -0.1) is 0 Å². The minimum atomic E-state index is -3.93. The lowest BCUT2D eigenvalue weighted by Gasteiger charge is -2.12. The summed E-state index contributed by atoms with van der Waals surface area (Å²) >= 11 is 0. The van der Waals surface area contributed by atoms with Crippen LogP contribution in [0.5, 0.6) is 5.75 Å². The lowest BCUT2D eigenvalue weighted by molar-refractivity contribution is -0.115. The SMILES string of the molecule is COc1ccc(C)cc1S(=O)(=O)NCC(=O)Nc1cccc(NC(C)=O)c1. The zero-order valence-electron chi connectivity index (χ0n) is 15.2. The van der Waals surface area contributed by atoms with E-state index in [2.05, 4.69) is 15.4 Å². The summed E-state index contributed by atoms with van der Waals surface area (Å²) in [5, 5.41) is 5.17. The highest BCUT2D eigenvalue weighted by atomic mass is 32.2. The first-order valence-corrected chi connectivity index (χ1v) is 9.51. The van der Waals surface area contributed by atoms with E-state index in [0.717, 1.165) is 5.56 Å². The van der Waals surface area contributed by atoms with Gasteiger partial charge in [-0.1, -0.05) is 12.1 Å². The molecule has 0 heterocycles. The summed E-state index contributed by atoms with van der Waals surface area (Å²) in [7, 11) is -2.56. The van der Waals surface area contributed by atoms with Gasteiger partial charge in [0.05, 0.1) is 13.7 Å². The van der Waals surface area contributed by atoms with E-state index < -0.39 is 22.5 Å². The fourth-order valence-corrected chi connectivity index (χ4v) is 3.55. The van der Waals surface area contributed by atoms with Crippen molar-refractivity contribution in [3.8, 4) is 5.75 Å². The second-order valence-electron chi connectivity index (χ2n) is 5.79. The molecule has 0 aromatic heterocycles. The molecule has 0 radical (unpaired) electrons. The lowest BCUT2D eigenvalue weighted by Crippen LogP contribution is -2.33. The van der Waals surface area contributed by atoms with E-state index in [1.165, 1.54) is 20.1 Å². The average Bonchev–Trinajstić information content (AvgIpc) is 2.60. The van der Waals surface area contributed by atoms with Crippen LogP contribution in [-0.4, -0.2) is 33.9 Å². The van der Waals surface area contributed by atoms with E-state index in [-0.39, 0.29) is 16.6 Å². The number of ether oxygens (including phenoxy) is 1. The number of benzene rings is 2. The molecule has 9 heteroatoms. The van der Waals surface area contributed by atoms with Gasteiger partial charge in [0.1, 0.15) is 10.6 Å². The lowest BCUT2D eigenvalue weighted by atomic mass is 10.2. The quantitative estimate of drug-likeness (QED) is 0.667. The molecule has 8 nitrogen and oxygen atoms in total. The van der Waals surface area contributed by atoms with Crippen LogP contribution in [0.25, 0.3) is 0 Å². The first kappa shape index (κ1) is 20.4. The van der Waals surface area contributed by atoms with E-state index in [9.17, 15) is 18.0 Å². The molecule has 0 aliphatic carbocycles. The van der Waals surface area contributed by atoms with Gasteiger partial charge < -0.3 is 15.4 Å². The largest absolute Gasteiger partial charge is 0.495 e. The van der Waals surface area contributed by atoms with E-state index in [4.69, 9.17) is 4.74 Å². The van der Waals surface area contributed by atoms with Crippen LogP contribution in [0, 0.1) is 6.92 Å². The van der Waals surface area contributed by atoms with Gasteiger partial charge in [-0.2, -0.15) is 0 Å². The number of rotatable bonds is 7. The third-order valence-electron chi connectivity index (χ3n) is 3.50. The molecule has 0 atom stereocenters. The molecule has 0 spiro atoms. The number of carbonyl (C=O) groups excluding carboxylic acids is 2. The van der Waals surface area contributed by atoms with Crippen LogP contribution in [0.15, 0.2) is 47.4 Å². The molecular formula is C18H21N3O5S. The molecule has 2 aromatic carbocycles. The Kier molecular flexibility index (Phi) is 6.54. The molecule has 0 aliphatic rings. The fraction of sp³-hybridized carbons (Fsp3) is 0.222. The number of nitrogens with one attached hydrogen (secondary N) is 3. The minimum Gasteiger partial charge on any atom is -0.495 e. The molecule has 144 valence electrons. The maximum atomic E-state index is 12.5. The summed E-state index contributed by atoms with van der Waals surface area (Å²) in [6, 6.07) is 11.3. The fourth-order valence-electron chi connectivity index (χ4n) is 2.32. The van der Waals surface area contributed by atoms with Gasteiger partial charge in [0.15, 0.2) is 0 Å². The van der Waals surface area contributed by atoms with Gasteiger partial charge in [0.2, 0.25) is 21.8 Å². The highest BCUT2D eigenvalue weighted by Crippen LogP contribution is 2.24. The summed E-state index contributed by atoms with van der Waals surface area (Å²) in [5.41, 5.74) is 1.69. The molecule has 0 saturated heterocycles. The maximum absolute atomic E-state index is 12.5. The van der Waals surface area contributed by atoms with Gasteiger partial charge in [-0.3, -0.25) is 9.59 Å². The van der Waals surface area contributed by atoms with Gasteiger partial charge in [-0.05, 0) is 42.8 Å². The second kappa shape index (κ2) is 8.65. The zero-order valence-corrected chi connectivity index (χ0v) is 16.0. The summed E-state index contributed by atoms with van der Waals surface area (Å²) < 4.78 is 32.3.